The number of ether oxygens (including phenoxy) is 2. The summed E-state index contributed by atoms with van der Waals surface area (Å²) in [5, 5.41) is 0. The number of benzene rings is 1. The Labute approximate surface area is 226 Å². The number of nitrogens with zero attached hydrogens (tertiary/aromatic N) is 6. The van der Waals surface area contributed by atoms with E-state index in [1.165, 1.54) is 4.57 Å². The average molecular weight is 541 g/mol. The molecule has 11 heteroatoms. The van der Waals surface area contributed by atoms with Crippen LogP contribution in [0, 0.1) is 5.92 Å². The van der Waals surface area contributed by atoms with Crippen LogP contribution in [0.3, 0.4) is 0 Å². The van der Waals surface area contributed by atoms with Crippen LogP contribution in [-0.2, 0) is 9.53 Å². The lowest BCUT2D eigenvalue weighted by Crippen LogP contribution is -2.41. The number of carbonyl (C=O) groups excluding carboxylic acids is 1. The summed E-state index contributed by atoms with van der Waals surface area (Å²) in [4.78, 5) is 30.4. The van der Waals surface area contributed by atoms with Gasteiger partial charge in [0.25, 0.3) is 6.43 Å². The number of halogens is 2. The van der Waals surface area contributed by atoms with Crippen molar-refractivity contribution < 1.29 is 23.0 Å². The molecule has 1 amide bonds. The van der Waals surface area contributed by atoms with Crippen LogP contribution in [0.4, 0.5) is 14.7 Å². The van der Waals surface area contributed by atoms with Crippen molar-refractivity contribution in [3.8, 4) is 11.7 Å². The fourth-order valence-corrected chi connectivity index (χ4v) is 6.06. The lowest BCUT2D eigenvalue weighted by Gasteiger charge is -2.35. The summed E-state index contributed by atoms with van der Waals surface area (Å²) < 4.78 is 41.5. The fourth-order valence-electron chi connectivity index (χ4n) is 6.06. The van der Waals surface area contributed by atoms with Gasteiger partial charge >= 0.3 is 0 Å². The Kier molecular flexibility index (Phi) is 7.33. The highest BCUT2D eigenvalue weighted by atomic mass is 19.3. The molecule has 4 heterocycles. The standard InChI is InChI=1S/C28H34F2N6O3/c1-2-18-11-12-35(27(18)37)19-7-9-20(10-8-19)39-24-17-23(32-28(33-24)34-13-15-38-16-14-34)36-22-6-4-3-5-21(22)31-26(36)25(29)30/h3-6,17-20,25H,2,7-16H2,1H3/t18-,19?,20?/m0/s1. The van der Waals surface area contributed by atoms with Gasteiger partial charge in [-0.15, -0.1) is 0 Å². The van der Waals surface area contributed by atoms with Crippen LogP contribution in [0.15, 0.2) is 30.3 Å². The molecule has 1 aromatic carbocycles. The van der Waals surface area contributed by atoms with Gasteiger partial charge in [0.15, 0.2) is 5.82 Å². The second-order valence-corrected chi connectivity index (χ2v) is 10.5. The molecule has 0 radical (unpaired) electrons. The van der Waals surface area contributed by atoms with E-state index < -0.39 is 6.43 Å². The van der Waals surface area contributed by atoms with Crippen molar-refractivity contribution in [2.75, 3.05) is 37.7 Å². The topological polar surface area (TPSA) is 85.6 Å². The molecule has 39 heavy (non-hydrogen) atoms. The lowest BCUT2D eigenvalue weighted by atomic mass is 9.92. The second kappa shape index (κ2) is 11.0. The Morgan fingerprint density at radius 1 is 1.03 bits per heavy atom. The number of morpholine rings is 1. The molecule has 0 bridgehead atoms. The van der Waals surface area contributed by atoms with Crippen molar-refractivity contribution in [3.63, 3.8) is 0 Å². The van der Waals surface area contributed by atoms with Gasteiger partial charge in [-0.1, -0.05) is 19.1 Å². The van der Waals surface area contributed by atoms with E-state index in [1.807, 2.05) is 4.90 Å². The number of aromatic nitrogens is 4. The maximum Gasteiger partial charge on any atom is 0.296 e. The molecular formula is C28H34F2N6O3. The van der Waals surface area contributed by atoms with Gasteiger partial charge in [0, 0.05) is 37.7 Å². The molecule has 1 saturated carbocycles. The Bertz CT molecular complexity index is 1320. The number of fused-ring (bicyclic) bond motifs is 1. The van der Waals surface area contributed by atoms with Crippen molar-refractivity contribution in [2.24, 2.45) is 5.92 Å². The number of para-hydroxylation sites is 2. The van der Waals surface area contributed by atoms with Crippen molar-refractivity contribution in [1.29, 1.82) is 0 Å². The Hall–Kier alpha value is -3.34. The number of hydrogen-bond donors (Lipinski definition) is 0. The summed E-state index contributed by atoms with van der Waals surface area (Å²) in [6, 6.07) is 8.93. The van der Waals surface area contributed by atoms with E-state index in [9.17, 15) is 13.6 Å². The monoisotopic (exact) mass is 540 g/mol. The first-order valence-corrected chi connectivity index (χ1v) is 14.0. The predicted molar refractivity (Wildman–Crippen MR) is 141 cm³/mol. The molecule has 0 spiro atoms. The third-order valence-corrected chi connectivity index (χ3v) is 8.20. The molecule has 6 rings (SSSR count). The van der Waals surface area contributed by atoms with Gasteiger partial charge in [-0.3, -0.25) is 9.36 Å². The first-order valence-electron chi connectivity index (χ1n) is 14.0. The van der Waals surface area contributed by atoms with Crippen molar-refractivity contribution in [2.45, 2.75) is 64.0 Å². The summed E-state index contributed by atoms with van der Waals surface area (Å²) in [5.41, 5.74) is 1.02. The summed E-state index contributed by atoms with van der Waals surface area (Å²) in [6.07, 6.45) is 2.35. The van der Waals surface area contributed by atoms with E-state index in [0.717, 1.165) is 45.1 Å². The Balaban J connectivity index is 1.27. The van der Waals surface area contributed by atoms with Crippen LogP contribution < -0.4 is 9.64 Å². The summed E-state index contributed by atoms with van der Waals surface area (Å²) >= 11 is 0. The maximum atomic E-state index is 14.1. The predicted octanol–water partition coefficient (Wildman–Crippen LogP) is 4.54. The van der Waals surface area contributed by atoms with E-state index in [2.05, 4.69) is 16.8 Å². The minimum atomic E-state index is -2.78. The fraction of sp³-hybridized carbons (Fsp3) is 0.571. The molecule has 1 aliphatic carbocycles. The van der Waals surface area contributed by atoms with Crippen LogP contribution >= 0.6 is 0 Å². The van der Waals surface area contributed by atoms with Crippen LogP contribution in [0.5, 0.6) is 5.88 Å². The lowest BCUT2D eigenvalue weighted by molar-refractivity contribution is -0.133. The van der Waals surface area contributed by atoms with Crippen LogP contribution in [0.1, 0.15) is 57.7 Å². The van der Waals surface area contributed by atoms with E-state index >= 15 is 0 Å². The van der Waals surface area contributed by atoms with Crippen molar-refractivity contribution in [1.82, 2.24) is 24.4 Å². The minimum Gasteiger partial charge on any atom is -0.474 e. The number of amides is 1. The zero-order valence-electron chi connectivity index (χ0n) is 22.1. The van der Waals surface area contributed by atoms with Crippen LogP contribution in [-0.4, -0.2) is 75.3 Å². The number of carbonyl (C=O) groups is 1. The molecule has 208 valence electrons. The quantitative estimate of drug-likeness (QED) is 0.435. The average Bonchev–Trinajstić information content (AvgIpc) is 3.54. The molecular weight excluding hydrogens is 506 g/mol. The second-order valence-electron chi connectivity index (χ2n) is 10.5. The number of alkyl halides is 2. The van der Waals surface area contributed by atoms with Gasteiger partial charge in [-0.2, -0.15) is 9.97 Å². The van der Waals surface area contributed by atoms with Gasteiger partial charge in [0.1, 0.15) is 11.9 Å². The van der Waals surface area contributed by atoms with Crippen molar-refractivity contribution in [3.05, 3.63) is 36.2 Å². The van der Waals surface area contributed by atoms with E-state index in [-0.39, 0.29) is 23.9 Å². The summed E-state index contributed by atoms with van der Waals surface area (Å²) in [5.74, 6) is 1.16. The number of rotatable bonds is 7. The van der Waals surface area contributed by atoms with Crippen LogP contribution in [0.2, 0.25) is 0 Å². The van der Waals surface area contributed by atoms with Crippen molar-refractivity contribution >= 4 is 22.9 Å². The van der Waals surface area contributed by atoms with Gasteiger partial charge in [-0.25, -0.2) is 13.8 Å². The molecule has 2 aliphatic heterocycles. The molecule has 2 saturated heterocycles. The molecule has 0 unspecified atom stereocenters. The smallest absolute Gasteiger partial charge is 0.296 e. The highest BCUT2D eigenvalue weighted by molar-refractivity contribution is 5.81. The third-order valence-electron chi connectivity index (χ3n) is 8.20. The number of hydrogen-bond acceptors (Lipinski definition) is 7. The van der Waals surface area contributed by atoms with E-state index in [1.54, 1.807) is 30.3 Å². The number of imidazole rings is 1. The highest BCUT2D eigenvalue weighted by Gasteiger charge is 2.37. The first kappa shape index (κ1) is 25.9. The van der Waals surface area contributed by atoms with Gasteiger partial charge in [-0.05, 0) is 50.7 Å². The molecule has 0 N–H and O–H groups in total. The molecule has 9 nitrogen and oxygen atoms in total. The zero-order chi connectivity index (χ0) is 26.9. The highest BCUT2D eigenvalue weighted by Crippen LogP contribution is 2.33. The minimum absolute atomic E-state index is 0.0738. The summed E-state index contributed by atoms with van der Waals surface area (Å²) in [7, 11) is 0. The van der Waals surface area contributed by atoms with Gasteiger partial charge < -0.3 is 19.3 Å². The maximum absolute atomic E-state index is 14.1. The molecule has 2 aromatic heterocycles. The largest absolute Gasteiger partial charge is 0.474 e. The van der Waals surface area contributed by atoms with E-state index in [4.69, 9.17) is 19.4 Å². The third kappa shape index (κ3) is 5.16. The van der Waals surface area contributed by atoms with Gasteiger partial charge in [0.05, 0.1) is 24.2 Å². The van der Waals surface area contributed by atoms with Gasteiger partial charge in [0.2, 0.25) is 17.7 Å². The number of likely N-dealkylation sites (tertiary alicyclic amines) is 1. The van der Waals surface area contributed by atoms with E-state index in [0.29, 0.717) is 60.9 Å². The molecule has 3 aliphatic rings. The Morgan fingerprint density at radius 3 is 2.51 bits per heavy atom. The normalized spacial score (nSPS) is 24.2. The number of anilines is 1. The molecule has 3 fully saturated rings. The first-order chi connectivity index (χ1) is 19.0. The Morgan fingerprint density at radius 2 is 1.79 bits per heavy atom. The zero-order valence-corrected chi connectivity index (χ0v) is 22.1. The SMILES string of the molecule is CC[C@H]1CCN(C2CCC(Oc3cc(-n4c(C(F)F)nc5ccccc54)nc(N4CCOCC4)n3)CC2)C1=O. The molecule has 1 atom stereocenters. The summed E-state index contributed by atoms with van der Waals surface area (Å²) in [6.45, 7) is 5.20. The molecule has 3 aromatic rings. The van der Waals surface area contributed by atoms with Crippen LogP contribution in [0.25, 0.3) is 16.9 Å².